The first kappa shape index (κ1) is 14.0. The molecule has 1 fully saturated rings. The first-order chi connectivity index (χ1) is 8.90. The van der Waals surface area contributed by atoms with Gasteiger partial charge in [0.2, 0.25) is 5.89 Å². The Morgan fingerprint density at radius 3 is 2.47 bits per heavy atom. The van der Waals surface area contributed by atoms with Crippen molar-refractivity contribution in [2.45, 2.75) is 64.2 Å². The average Bonchev–Trinajstić information content (AvgIpc) is 2.98. The van der Waals surface area contributed by atoms with Crippen molar-refractivity contribution in [1.82, 2.24) is 10.1 Å². The third-order valence-corrected chi connectivity index (χ3v) is 3.63. The number of hydrogen-bond donors (Lipinski definition) is 0. The number of hydrogen-bond acceptors (Lipinski definition) is 5. The number of esters is 1. The molecule has 0 spiro atoms. The highest BCUT2D eigenvalue weighted by molar-refractivity contribution is 5.82. The van der Waals surface area contributed by atoms with Gasteiger partial charge in [0.1, 0.15) is 5.41 Å². The Hall–Kier alpha value is -1.39. The van der Waals surface area contributed by atoms with Crippen molar-refractivity contribution in [3.63, 3.8) is 0 Å². The van der Waals surface area contributed by atoms with Crippen molar-refractivity contribution in [3.8, 4) is 0 Å². The Morgan fingerprint density at radius 1 is 1.37 bits per heavy atom. The van der Waals surface area contributed by atoms with Gasteiger partial charge in [-0.15, -0.1) is 0 Å². The molecule has 1 heterocycles. The fraction of sp³-hybridized carbons (Fsp3) is 0.786. The zero-order valence-corrected chi connectivity index (χ0v) is 12.2. The van der Waals surface area contributed by atoms with Crippen LogP contribution in [0.15, 0.2) is 4.52 Å². The molecule has 1 aromatic rings. The number of aromatic nitrogens is 2. The summed E-state index contributed by atoms with van der Waals surface area (Å²) < 4.78 is 10.6. The maximum Gasteiger partial charge on any atom is 0.321 e. The molecule has 2 rings (SSSR count). The van der Waals surface area contributed by atoms with E-state index in [4.69, 9.17) is 9.26 Å². The lowest BCUT2D eigenvalue weighted by Gasteiger charge is -2.21. The van der Waals surface area contributed by atoms with Crippen molar-refractivity contribution in [3.05, 3.63) is 11.7 Å². The van der Waals surface area contributed by atoms with Crippen molar-refractivity contribution >= 4 is 5.97 Å². The fourth-order valence-corrected chi connectivity index (χ4v) is 2.48. The van der Waals surface area contributed by atoms with Crippen LogP contribution in [0.2, 0.25) is 0 Å². The highest BCUT2D eigenvalue weighted by atomic mass is 16.5. The second kappa shape index (κ2) is 4.94. The summed E-state index contributed by atoms with van der Waals surface area (Å²) in [4.78, 5) is 16.7. The summed E-state index contributed by atoms with van der Waals surface area (Å²) in [5.74, 6) is 0.836. The third-order valence-electron chi connectivity index (χ3n) is 3.63. The van der Waals surface area contributed by atoms with E-state index in [1.54, 1.807) is 0 Å². The van der Waals surface area contributed by atoms with E-state index >= 15 is 0 Å². The number of carbonyl (C=O) groups is 1. The Morgan fingerprint density at radius 2 is 2.00 bits per heavy atom. The molecular formula is C14H22N2O3. The molecule has 0 N–H and O–H groups in total. The van der Waals surface area contributed by atoms with Gasteiger partial charge in [-0.05, 0) is 19.8 Å². The van der Waals surface area contributed by atoms with Crippen molar-refractivity contribution in [2.24, 2.45) is 0 Å². The van der Waals surface area contributed by atoms with E-state index in [9.17, 15) is 4.79 Å². The van der Waals surface area contributed by atoms with Gasteiger partial charge < -0.3 is 9.26 Å². The zero-order valence-electron chi connectivity index (χ0n) is 12.2. The molecule has 0 amide bonds. The average molecular weight is 266 g/mol. The van der Waals surface area contributed by atoms with Gasteiger partial charge in [0.05, 0.1) is 6.61 Å². The summed E-state index contributed by atoms with van der Waals surface area (Å²) in [5, 5.41) is 4.03. The van der Waals surface area contributed by atoms with Gasteiger partial charge in [0.25, 0.3) is 0 Å². The normalized spacial score (nSPS) is 18.5. The molecule has 1 aromatic heterocycles. The Labute approximate surface area is 113 Å². The molecule has 19 heavy (non-hydrogen) atoms. The number of nitrogens with zero attached hydrogens (tertiary/aromatic N) is 2. The Bertz CT molecular complexity index is 454. The molecule has 0 bridgehead atoms. The molecule has 0 atom stereocenters. The SMILES string of the molecule is CCOC(=O)C1(c2nc(C(C)(C)C)no2)CCCC1. The summed E-state index contributed by atoms with van der Waals surface area (Å²) in [6, 6.07) is 0. The largest absolute Gasteiger partial charge is 0.465 e. The summed E-state index contributed by atoms with van der Waals surface area (Å²) in [7, 11) is 0. The van der Waals surface area contributed by atoms with Crippen LogP contribution in [0.1, 0.15) is 65.1 Å². The molecule has 106 valence electrons. The second-order valence-corrected chi connectivity index (χ2v) is 6.18. The third kappa shape index (κ3) is 2.51. The summed E-state index contributed by atoms with van der Waals surface area (Å²) in [5.41, 5.74) is -0.900. The van der Waals surface area contributed by atoms with Crippen LogP contribution in [0.3, 0.4) is 0 Å². The van der Waals surface area contributed by atoms with Crippen LogP contribution in [0.25, 0.3) is 0 Å². The van der Waals surface area contributed by atoms with E-state index in [1.807, 2.05) is 27.7 Å². The van der Waals surface area contributed by atoms with Crippen molar-refractivity contribution < 1.29 is 14.1 Å². The minimum atomic E-state index is -0.716. The lowest BCUT2D eigenvalue weighted by Crippen LogP contribution is -2.35. The molecule has 1 aliphatic carbocycles. The molecule has 0 saturated heterocycles. The molecule has 0 aliphatic heterocycles. The molecule has 0 unspecified atom stereocenters. The van der Waals surface area contributed by atoms with Crippen molar-refractivity contribution in [1.29, 1.82) is 0 Å². The Balaban J connectivity index is 2.35. The van der Waals surface area contributed by atoms with Crippen LogP contribution in [0, 0.1) is 0 Å². The fourth-order valence-electron chi connectivity index (χ4n) is 2.48. The Kier molecular flexibility index (Phi) is 3.65. The van der Waals surface area contributed by atoms with Gasteiger partial charge in [0.15, 0.2) is 5.82 Å². The molecular weight excluding hydrogens is 244 g/mol. The van der Waals surface area contributed by atoms with Crippen LogP contribution in [-0.2, 0) is 20.4 Å². The van der Waals surface area contributed by atoms with Gasteiger partial charge in [0, 0.05) is 5.41 Å². The second-order valence-electron chi connectivity index (χ2n) is 6.18. The summed E-state index contributed by atoms with van der Waals surface area (Å²) in [6.45, 7) is 8.25. The molecule has 0 radical (unpaired) electrons. The van der Waals surface area contributed by atoms with E-state index < -0.39 is 5.41 Å². The van der Waals surface area contributed by atoms with E-state index in [2.05, 4.69) is 10.1 Å². The highest BCUT2D eigenvalue weighted by Gasteiger charge is 2.49. The van der Waals surface area contributed by atoms with Crippen LogP contribution in [0.5, 0.6) is 0 Å². The predicted molar refractivity (Wildman–Crippen MR) is 69.8 cm³/mol. The lowest BCUT2D eigenvalue weighted by molar-refractivity contribution is -0.151. The van der Waals surface area contributed by atoms with Gasteiger partial charge in [-0.3, -0.25) is 4.79 Å². The number of ether oxygens (including phenoxy) is 1. The highest BCUT2D eigenvalue weighted by Crippen LogP contribution is 2.41. The van der Waals surface area contributed by atoms with Crippen LogP contribution >= 0.6 is 0 Å². The molecule has 1 saturated carbocycles. The van der Waals surface area contributed by atoms with Gasteiger partial charge in [-0.1, -0.05) is 38.8 Å². The predicted octanol–water partition coefficient (Wildman–Crippen LogP) is 2.74. The minimum Gasteiger partial charge on any atom is -0.465 e. The maximum absolute atomic E-state index is 12.3. The lowest BCUT2D eigenvalue weighted by atomic mass is 9.86. The first-order valence-corrected chi connectivity index (χ1v) is 6.92. The quantitative estimate of drug-likeness (QED) is 0.787. The van der Waals surface area contributed by atoms with Crippen LogP contribution in [-0.4, -0.2) is 22.7 Å². The number of rotatable bonds is 3. The van der Waals surface area contributed by atoms with Crippen LogP contribution in [0.4, 0.5) is 0 Å². The topological polar surface area (TPSA) is 65.2 Å². The molecule has 1 aliphatic rings. The monoisotopic (exact) mass is 266 g/mol. The smallest absolute Gasteiger partial charge is 0.321 e. The van der Waals surface area contributed by atoms with E-state index in [0.29, 0.717) is 18.3 Å². The zero-order chi connectivity index (χ0) is 14.1. The molecule has 5 nitrogen and oxygen atoms in total. The van der Waals surface area contributed by atoms with Gasteiger partial charge >= 0.3 is 5.97 Å². The standard InChI is InChI=1S/C14H22N2O3/c1-5-18-12(17)14(8-6-7-9-14)11-15-10(16-19-11)13(2,3)4/h5-9H2,1-4H3. The maximum atomic E-state index is 12.3. The van der Waals surface area contributed by atoms with Crippen molar-refractivity contribution in [2.75, 3.05) is 6.61 Å². The minimum absolute atomic E-state index is 0.184. The number of carbonyl (C=O) groups excluding carboxylic acids is 1. The first-order valence-electron chi connectivity index (χ1n) is 6.92. The van der Waals surface area contributed by atoms with E-state index in [-0.39, 0.29) is 11.4 Å². The van der Waals surface area contributed by atoms with Crippen LogP contribution < -0.4 is 0 Å². The van der Waals surface area contributed by atoms with Gasteiger partial charge in [-0.25, -0.2) is 0 Å². The van der Waals surface area contributed by atoms with E-state index in [1.165, 1.54) is 0 Å². The molecule has 5 heteroatoms. The molecule has 0 aromatic carbocycles. The summed E-state index contributed by atoms with van der Waals surface area (Å²) in [6.07, 6.45) is 3.45. The van der Waals surface area contributed by atoms with Gasteiger partial charge in [-0.2, -0.15) is 4.98 Å². The summed E-state index contributed by atoms with van der Waals surface area (Å²) >= 11 is 0. The van der Waals surface area contributed by atoms with E-state index in [0.717, 1.165) is 25.7 Å².